The van der Waals surface area contributed by atoms with Crippen molar-refractivity contribution in [2.75, 3.05) is 13.7 Å². The van der Waals surface area contributed by atoms with Crippen LogP contribution in [0.25, 0.3) is 22.3 Å². The molecule has 0 unspecified atom stereocenters. The minimum absolute atomic E-state index is 0.190. The average Bonchev–Trinajstić information content (AvgIpc) is 2.93. The van der Waals surface area contributed by atoms with E-state index in [4.69, 9.17) is 30.8 Å². The number of esters is 1. The predicted octanol–water partition coefficient (Wildman–Crippen LogP) is 6.37. The van der Waals surface area contributed by atoms with Crippen molar-refractivity contribution in [3.8, 4) is 22.9 Å². The van der Waals surface area contributed by atoms with Crippen LogP contribution in [0.3, 0.4) is 0 Å². The Balaban J connectivity index is 1.82. The van der Waals surface area contributed by atoms with Gasteiger partial charge in [-0.05, 0) is 85.8 Å². The van der Waals surface area contributed by atoms with E-state index in [9.17, 15) is 9.59 Å². The lowest BCUT2D eigenvalue weighted by Gasteiger charge is -2.18. The number of ether oxygens (including phenoxy) is 3. The first-order valence-electron chi connectivity index (χ1n) is 13.0. The van der Waals surface area contributed by atoms with Crippen LogP contribution in [-0.4, -0.2) is 41.7 Å². The first-order chi connectivity index (χ1) is 19.1. The minimum atomic E-state index is -0.820. The monoisotopic (exact) mass is 561 g/mol. The summed E-state index contributed by atoms with van der Waals surface area (Å²) in [6.07, 6.45) is 0.716. The van der Waals surface area contributed by atoms with Gasteiger partial charge < -0.3 is 14.2 Å². The number of carbonyl (C=O) groups is 1. The number of aryl methyl sites for hydroxylation is 1. The van der Waals surface area contributed by atoms with Gasteiger partial charge in [-0.2, -0.15) is 9.78 Å². The molecule has 1 aromatic heterocycles. The molecule has 9 heteroatoms. The molecule has 4 rings (SSSR count). The molecule has 4 aromatic rings. The highest BCUT2D eigenvalue weighted by molar-refractivity contribution is 6.32. The Morgan fingerprint density at radius 3 is 2.52 bits per heavy atom. The van der Waals surface area contributed by atoms with Crippen LogP contribution >= 0.6 is 11.6 Å². The van der Waals surface area contributed by atoms with Crippen LogP contribution in [0.2, 0.25) is 5.02 Å². The van der Waals surface area contributed by atoms with Crippen molar-refractivity contribution in [3.05, 3.63) is 86.7 Å². The van der Waals surface area contributed by atoms with Crippen molar-refractivity contribution in [1.29, 1.82) is 0 Å². The normalized spacial score (nSPS) is 12.2. The van der Waals surface area contributed by atoms with E-state index in [0.29, 0.717) is 34.6 Å². The Labute approximate surface area is 238 Å². The van der Waals surface area contributed by atoms with E-state index in [-0.39, 0.29) is 16.5 Å². The van der Waals surface area contributed by atoms with Crippen LogP contribution in [0.15, 0.2) is 64.5 Å². The summed E-state index contributed by atoms with van der Waals surface area (Å²) in [6, 6.07) is 16.2. The van der Waals surface area contributed by atoms with Gasteiger partial charge in [-0.3, -0.25) is 4.79 Å². The maximum absolute atomic E-state index is 13.7. The first kappa shape index (κ1) is 28.8. The third kappa shape index (κ3) is 6.02. The molecular formula is C31H32ClN3O5. The van der Waals surface area contributed by atoms with E-state index in [1.807, 2.05) is 38.1 Å². The van der Waals surface area contributed by atoms with Gasteiger partial charge in [0.2, 0.25) is 0 Å². The molecule has 0 aliphatic carbocycles. The number of halogens is 1. The van der Waals surface area contributed by atoms with Crippen LogP contribution in [0, 0.1) is 6.92 Å². The molecule has 0 spiro atoms. The van der Waals surface area contributed by atoms with Gasteiger partial charge in [0, 0.05) is 5.56 Å². The molecule has 0 bridgehead atoms. The van der Waals surface area contributed by atoms with Gasteiger partial charge in [0.1, 0.15) is 11.5 Å². The zero-order valence-corrected chi connectivity index (χ0v) is 24.2. The van der Waals surface area contributed by atoms with E-state index >= 15 is 0 Å². The second kappa shape index (κ2) is 12.3. The number of hydrogen-bond acceptors (Lipinski definition) is 7. The summed E-state index contributed by atoms with van der Waals surface area (Å²) in [7, 11) is 1.29. The summed E-state index contributed by atoms with van der Waals surface area (Å²) in [4.78, 5) is 30.2. The van der Waals surface area contributed by atoms with Gasteiger partial charge >= 0.3 is 5.97 Å². The van der Waals surface area contributed by atoms with E-state index in [0.717, 1.165) is 22.4 Å². The highest BCUT2D eigenvalue weighted by Crippen LogP contribution is 2.34. The molecule has 0 aliphatic heterocycles. The number of carbonyl (C=O) groups excluding carboxylic acids is 1. The Bertz CT molecular complexity index is 1640. The van der Waals surface area contributed by atoms with Gasteiger partial charge in [-0.1, -0.05) is 37.6 Å². The zero-order valence-electron chi connectivity index (χ0n) is 23.4. The summed E-state index contributed by atoms with van der Waals surface area (Å²) in [5, 5.41) is 5.30. The number of nitrogens with zero attached hydrogens (tertiary/aromatic N) is 3. The topological polar surface area (TPSA) is 92.0 Å². The number of aromatic nitrogens is 2. The largest absolute Gasteiger partial charge is 0.494 e. The lowest BCUT2D eigenvalue weighted by molar-refractivity contribution is -0.147. The Hall–Kier alpha value is -4.17. The molecule has 0 radical (unpaired) electrons. The molecule has 0 amide bonds. The number of benzene rings is 3. The van der Waals surface area contributed by atoms with Gasteiger partial charge in [0.05, 0.1) is 35.9 Å². The number of para-hydroxylation sites is 1. The molecule has 1 heterocycles. The number of rotatable bonds is 9. The quantitative estimate of drug-likeness (QED) is 0.174. The highest BCUT2D eigenvalue weighted by atomic mass is 35.5. The molecule has 0 N–H and O–H groups in total. The molecular weight excluding hydrogens is 530 g/mol. The Morgan fingerprint density at radius 2 is 1.85 bits per heavy atom. The van der Waals surface area contributed by atoms with Crippen LogP contribution in [0.1, 0.15) is 50.3 Å². The molecule has 0 aliphatic rings. The summed E-state index contributed by atoms with van der Waals surface area (Å²) in [6.45, 7) is 10.2. The summed E-state index contributed by atoms with van der Waals surface area (Å²) < 4.78 is 17.5. The van der Waals surface area contributed by atoms with E-state index < -0.39 is 12.1 Å². The molecule has 0 saturated heterocycles. The predicted molar refractivity (Wildman–Crippen MR) is 158 cm³/mol. The minimum Gasteiger partial charge on any atom is -0.494 e. The van der Waals surface area contributed by atoms with Crippen molar-refractivity contribution >= 4 is 34.7 Å². The van der Waals surface area contributed by atoms with Gasteiger partial charge in [0.25, 0.3) is 5.56 Å². The molecule has 3 aromatic carbocycles. The van der Waals surface area contributed by atoms with Gasteiger partial charge in [0.15, 0.2) is 11.9 Å². The zero-order chi connectivity index (χ0) is 29.0. The molecule has 208 valence electrons. The maximum atomic E-state index is 13.7. The lowest BCUT2D eigenvalue weighted by atomic mass is 9.96. The van der Waals surface area contributed by atoms with Crippen LogP contribution < -0.4 is 15.0 Å². The van der Waals surface area contributed by atoms with Crippen LogP contribution in [-0.2, 0) is 9.53 Å². The molecule has 0 saturated carbocycles. The Morgan fingerprint density at radius 1 is 1.10 bits per heavy atom. The lowest BCUT2D eigenvalue weighted by Crippen LogP contribution is -2.25. The molecule has 8 nitrogen and oxygen atoms in total. The standard InChI is InChI=1S/C31H32ClN3O5/c1-7-39-28-14-19(4)24(16-23(28)18(2)3)29-34-26-11-9-8-10-22(26)30(36)35(29)33-17-21-12-13-27(25(32)15-21)40-20(5)31(37)38-6/h8-18,20H,7H2,1-6H3/t20-/m1/s1. The summed E-state index contributed by atoms with van der Waals surface area (Å²) in [5.41, 5.74) is 3.62. The second-order valence-electron chi connectivity index (χ2n) is 9.58. The van der Waals surface area contributed by atoms with E-state index in [1.54, 1.807) is 37.3 Å². The summed E-state index contributed by atoms with van der Waals surface area (Å²) >= 11 is 6.42. The summed E-state index contributed by atoms with van der Waals surface area (Å²) in [5.74, 6) is 1.24. The average molecular weight is 562 g/mol. The SMILES string of the molecule is CCOc1cc(C)c(-c2nc3ccccc3c(=O)n2N=Cc2ccc(O[C@H](C)C(=O)OC)c(Cl)c2)cc1C(C)C. The smallest absolute Gasteiger partial charge is 0.346 e. The number of fused-ring (bicyclic) bond motifs is 1. The van der Waals surface area contributed by atoms with Crippen molar-refractivity contribution in [2.24, 2.45) is 5.10 Å². The fraction of sp³-hybridized carbons (Fsp3) is 0.290. The number of hydrogen-bond donors (Lipinski definition) is 0. The van der Waals surface area contributed by atoms with Gasteiger partial charge in [-0.25, -0.2) is 9.78 Å². The molecule has 40 heavy (non-hydrogen) atoms. The van der Waals surface area contributed by atoms with Crippen molar-refractivity contribution in [2.45, 2.75) is 46.6 Å². The fourth-order valence-corrected chi connectivity index (χ4v) is 4.53. The van der Waals surface area contributed by atoms with E-state index in [2.05, 4.69) is 18.9 Å². The van der Waals surface area contributed by atoms with Crippen molar-refractivity contribution in [3.63, 3.8) is 0 Å². The second-order valence-corrected chi connectivity index (χ2v) is 9.99. The number of methoxy groups -OCH3 is 1. The third-order valence-corrected chi connectivity index (χ3v) is 6.68. The van der Waals surface area contributed by atoms with Crippen molar-refractivity contribution < 1.29 is 19.0 Å². The maximum Gasteiger partial charge on any atom is 0.346 e. The fourth-order valence-electron chi connectivity index (χ4n) is 4.30. The molecule has 1 atom stereocenters. The molecule has 0 fully saturated rings. The van der Waals surface area contributed by atoms with Crippen molar-refractivity contribution in [1.82, 2.24) is 9.66 Å². The van der Waals surface area contributed by atoms with E-state index in [1.165, 1.54) is 18.0 Å². The van der Waals surface area contributed by atoms with Crippen LogP contribution in [0.5, 0.6) is 11.5 Å². The van der Waals surface area contributed by atoms with Crippen LogP contribution in [0.4, 0.5) is 0 Å². The highest BCUT2D eigenvalue weighted by Gasteiger charge is 2.19. The first-order valence-corrected chi connectivity index (χ1v) is 13.4. The van der Waals surface area contributed by atoms with Gasteiger partial charge in [-0.15, -0.1) is 0 Å². The Kier molecular flexibility index (Phi) is 8.90. The third-order valence-electron chi connectivity index (χ3n) is 6.39.